The average molecular weight is 273 g/mol. The molecular formula is C17H23NO2. The summed E-state index contributed by atoms with van der Waals surface area (Å²) in [4.78, 5) is 12.1. The highest BCUT2D eigenvalue weighted by Gasteiger charge is 2.20. The lowest BCUT2D eigenvalue weighted by Gasteiger charge is -2.21. The third-order valence-electron chi connectivity index (χ3n) is 3.92. The number of rotatable bonds is 5. The fourth-order valence-electron chi connectivity index (χ4n) is 2.64. The summed E-state index contributed by atoms with van der Waals surface area (Å²) in [6.07, 6.45) is 6.97. The molecule has 1 aliphatic rings. The Morgan fingerprint density at radius 1 is 1.40 bits per heavy atom. The minimum absolute atomic E-state index is 0.0840. The van der Waals surface area contributed by atoms with E-state index < -0.39 is 0 Å². The van der Waals surface area contributed by atoms with Crippen LogP contribution in [0.1, 0.15) is 36.5 Å². The van der Waals surface area contributed by atoms with E-state index in [2.05, 4.69) is 36.5 Å². The smallest absolute Gasteiger partial charge is 0.223 e. The van der Waals surface area contributed by atoms with Crippen LogP contribution >= 0.6 is 0 Å². The van der Waals surface area contributed by atoms with E-state index in [4.69, 9.17) is 4.74 Å². The van der Waals surface area contributed by atoms with Gasteiger partial charge in [0.15, 0.2) is 0 Å². The lowest BCUT2D eigenvalue weighted by Crippen LogP contribution is -2.34. The number of benzene rings is 1. The van der Waals surface area contributed by atoms with Gasteiger partial charge in [0.05, 0.1) is 6.10 Å². The molecule has 0 aliphatic heterocycles. The molecule has 0 bridgehead atoms. The minimum atomic E-state index is -0.0840. The summed E-state index contributed by atoms with van der Waals surface area (Å²) in [7, 11) is 1.69. The molecule has 1 N–H and O–H groups in total. The normalized spacial score (nSPS) is 19.6. The second-order valence-corrected chi connectivity index (χ2v) is 5.31. The molecule has 0 radical (unpaired) electrons. The minimum Gasteiger partial charge on any atom is -0.375 e. The highest BCUT2D eigenvalue weighted by Crippen LogP contribution is 2.21. The second kappa shape index (κ2) is 7.25. The molecule has 1 amide bonds. The third-order valence-corrected chi connectivity index (χ3v) is 3.92. The zero-order chi connectivity index (χ0) is 14.4. The van der Waals surface area contributed by atoms with E-state index in [1.54, 1.807) is 7.11 Å². The van der Waals surface area contributed by atoms with Crippen molar-refractivity contribution >= 4 is 5.91 Å². The van der Waals surface area contributed by atoms with Crippen LogP contribution in [-0.4, -0.2) is 19.6 Å². The molecule has 0 fully saturated rings. The highest BCUT2D eigenvalue weighted by molar-refractivity contribution is 5.79. The van der Waals surface area contributed by atoms with Gasteiger partial charge in [-0.2, -0.15) is 0 Å². The molecule has 1 aliphatic carbocycles. The number of ether oxygens (including phenoxy) is 1. The maximum Gasteiger partial charge on any atom is 0.223 e. The fourth-order valence-corrected chi connectivity index (χ4v) is 2.64. The maximum absolute atomic E-state index is 12.1. The molecule has 0 spiro atoms. The summed E-state index contributed by atoms with van der Waals surface area (Å²) >= 11 is 0. The number of hydrogen-bond acceptors (Lipinski definition) is 2. The highest BCUT2D eigenvalue weighted by atomic mass is 16.5. The van der Waals surface area contributed by atoms with Gasteiger partial charge in [-0.3, -0.25) is 4.79 Å². The molecule has 108 valence electrons. The summed E-state index contributed by atoms with van der Waals surface area (Å²) in [5.41, 5.74) is 2.33. The molecule has 0 saturated carbocycles. The number of amides is 1. The van der Waals surface area contributed by atoms with Crippen molar-refractivity contribution in [3.63, 3.8) is 0 Å². The average Bonchev–Trinajstić information content (AvgIpc) is 2.50. The Morgan fingerprint density at radius 3 is 2.85 bits per heavy atom. The molecule has 1 aromatic carbocycles. The van der Waals surface area contributed by atoms with Crippen LogP contribution in [0.15, 0.2) is 36.4 Å². The van der Waals surface area contributed by atoms with E-state index in [1.165, 1.54) is 5.56 Å². The van der Waals surface area contributed by atoms with Crippen molar-refractivity contribution < 1.29 is 9.53 Å². The number of methoxy groups -OCH3 is 1. The number of allylic oxidation sites excluding steroid dienone is 2. The van der Waals surface area contributed by atoms with Crippen molar-refractivity contribution in [2.75, 3.05) is 13.7 Å². The lowest BCUT2D eigenvalue weighted by molar-refractivity contribution is -0.125. The van der Waals surface area contributed by atoms with Crippen molar-refractivity contribution in [2.24, 2.45) is 5.92 Å². The Bertz CT molecular complexity index is 482. The summed E-state index contributed by atoms with van der Waals surface area (Å²) < 4.78 is 5.53. The van der Waals surface area contributed by atoms with E-state index in [9.17, 15) is 4.79 Å². The number of carbonyl (C=O) groups excluding carboxylic acids is 1. The Balaban J connectivity index is 1.92. The van der Waals surface area contributed by atoms with Gasteiger partial charge in [0, 0.05) is 19.6 Å². The van der Waals surface area contributed by atoms with E-state index in [-0.39, 0.29) is 17.9 Å². The SMILES string of the molecule is CO[C@@H](CNC(=O)[C@H]1CC=CCC1)c1ccccc1C. The molecule has 3 nitrogen and oxygen atoms in total. The van der Waals surface area contributed by atoms with E-state index >= 15 is 0 Å². The molecule has 0 heterocycles. The predicted octanol–water partition coefficient (Wildman–Crippen LogP) is 3.16. The topological polar surface area (TPSA) is 38.3 Å². The van der Waals surface area contributed by atoms with Crippen LogP contribution in [0.3, 0.4) is 0 Å². The van der Waals surface area contributed by atoms with Gasteiger partial charge in [0.25, 0.3) is 0 Å². The first-order valence-corrected chi connectivity index (χ1v) is 7.23. The van der Waals surface area contributed by atoms with Gasteiger partial charge in [-0.05, 0) is 37.3 Å². The van der Waals surface area contributed by atoms with Crippen LogP contribution in [0, 0.1) is 12.8 Å². The lowest BCUT2D eigenvalue weighted by atomic mass is 9.93. The van der Waals surface area contributed by atoms with Crippen LogP contribution in [0.25, 0.3) is 0 Å². The third kappa shape index (κ3) is 3.70. The first-order chi connectivity index (χ1) is 9.72. The van der Waals surface area contributed by atoms with E-state index in [0.29, 0.717) is 6.54 Å². The molecule has 0 aromatic heterocycles. The molecule has 20 heavy (non-hydrogen) atoms. The molecule has 0 unspecified atom stereocenters. The quantitative estimate of drug-likeness (QED) is 0.837. The van der Waals surface area contributed by atoms with Crippen LogP contribution in [0.2, 0.25) is 0 Å². The largest absolute Gasteiger partial charge is 0.375 e. The molecular weight excluding hydrogens is 250 g/mol. The van der Waals surface area contributed by atoms with E-state index in [0.717, 1.165) is 24.8 Å². The van der Waals surface area contributed by atoms with Crippen LogP contribution in [0.5, 0.6) is 0 Å². The Hall–Kier alpha value is -1.61. The number of aryl methyl sites for hydroxylation is 1. The summed E-state index contributed by atoms with van der Waals surface area (Å²) in [6.45, 7) is 2.59. The maximum atomic E-state index is 12.1. The van der Waals surface area contributed by atoms with Crippen molar-refractivity contribution in [3.8, 4) is 0 Å². The van der Waals surface area contributed by atoms with Crippen molar-refractivity contribution in [1.29, 1.82) is 0 Å². The molecule has 0 saturated heterocycles. The van der Waals surface area contributed by atoms with Crippen LogP contribution in [-0.2, 0) is 9.53 Å². The summed E-state index contributed by atoms with van der Waals surface area (Å²) in [5.74, 6) is 0.263. The Morgan fingerprint density at radius 2 is 2.20 bits per heavy atom. The zero-order valence-electron chi connectivity index (χ0n) is 12.3. The number of nitrogens with one attached hydrogen (secondary N) is 1. The van der Waals surface area contributed by atoms with Gasteiger partial charge in [-0.15, -0.1) is 0 Å². The van der Waals surface area contributed by atoms with Gasteiger partial charge in [0.1, 0.15) is 0 Å². The van der Waals surface area contributed by atoms with Gasteiger partial charge in [-0.25, -0.2) is 0 Å². The Labute approximate surface area is 121 Å². The van der Waals surface area contributed by atoms with Gasteiger partial charge in [0.2, 0.25) is 5.91 Å². The summed E-state index contributed by atoms with van der Waals surface area (Å²) in [5, 5.41) is 3.03. The molecule has 1 aromatic rings. The van der Waals surface area contributed by atoms with Crippen molar-refractivity contribution in [1.82, 2.24) is 5.32 Å². The molecule has 3 heteroatoms. The van der Waals surface area contributed by atoms with E-state index in [1.807, 2.05) is 12.1 Å². The zero-order valence-corrected chi connectivity index (χ0v) is 12.3. The summed E-state index contributed by atoms with van der Waals surface area (Å²) in [6, 6.07) is 8.13. The Kier molecular flexibility index (Phi) is 5.36. The fraction of sp³-hybridized carbons (Fsp3) is 0.471. The van der Waals surface area contributed by atoms with Crippen LogP contribution in [0.4, 0.5) is 0 Å². The van der Waals surface area contributed by atoms with Crippen LogP contribution < -0.4 is 5.32 Å². The van der Waals surface area contributed by atoms with Crippen molar-refractivity contribution in [2.45, 2.75) is 32.3 Å². The van der Waals surface area contributed by atoms with Gasteiger partial charge >= 0.3 is 0 Å². The monoisotopic (exact) mass is 273 g/mol. The first-order valence-electron chi connectivity index (χ1n) is 7.23. The van der Waals surface area contributed by atoms with Gasteiger partial charge in [-0.1, -0.05) is 36.4 Å². The standard InChI is InChI=1S/C17H23NO2/c1-13-8-6-7-11-15(13)16(20-2)12-18-17(19)14-9-4-3-5-10-14/h3-4,6-8,11,14,16H,5,9-10,12H2,1-2H3,(H,18,19)/t14-,16-/m0/s1. The van der Waals surface area contributed by atoms with Gasteiger partial charge < -0.3 is 10.1 Å². The first kappa shape index (κ1) is 14.8. The molecule has 2 rings (SSSR count). The molecule has 2 atom stereocenters. The van der Waals surface area contributed by atoms with Crippen molar-refractivity contribution in [3.05, 3.63) is 47.5 Å². The second-order valence-electron chi connectivity index (χ2n) is 5.31. The predicted molar refractivity (Wildman–Crippen MR) is 80.4 cm³/mol. The number of hydrogen-bond donors (Lipinski definition) is 1. The number of carbonyl (C=O) groups is 1.